The first-order valence-corrected chi connectivity index (χ1v) is 15.4. The molecule has 0 bridgehead atoms. The number of fused-ring (bicyclic) bond motifs is 4. The Morgan fingerprint density at radius 3 is 2.77 bits per heavy atom. The lowest BCUT2D eigenvalue weighted by Gasteiger charge is -2.33. The van der Waals surface area contributed by atoms with Crippen molar-refractivity contribution in [1.29, 1.82) is 0 Å². The van der Waals surface area contributed by atoms with Gasteiger partial charge < -0.3 is 24.2 Å². The summed E-state index contributed by atoms with van der Waals surface area (Å²) in [5, 5.41) is 12.7. The Labute approximate surface area is 259 Å². The molecule has 0 saturated carbocycles. The SMILES string of the molecule is C=CC(=O)N1CCCC(n2cnc3c(OCC4CCCN4C)nc4c(F)c(-c5cc(O)cc6ccccc56)c(Cl)cc4c32)C1. The van der Waals surface area contributed by atoms with Crippen molar-refractivity contribution in [3.8, 4) is 22.8 Å². The van der Waals surface area contributed by atoms with E-state index >= 15 is 4.39 Å². The Bertz CT molecular complexity index is 1940. The highest BCUT2D eigenvalue weighted by molar-refractivity contribution is 6.35. The van der Waals surface area contributed by atoms with Gasteiger partial charge in [0.05, 0.1) is 22.9 Å². The number of amides is 1. The van der Waals surface area contributed by atoms with Gasteiger partial charge in [-0.2, -0.15) is 0 Å². The van der Waals surface area contributed by atoms with Crippen LogP contribution in [0.2, 0.25) is 5.02 Å². The van der Waals surface area contributed by atoms with Crippen LogP contribution in [-0.4, -0.2) is 74.7 Å². The van der Waals surface area contributed by atoms with Crippen molar-refractivity contribution >= 4 is 50.2 Å². The molecule has 2 aromatic heterocycles. The molecule has 2 atom stereocenters. The van der Waals surface area contributed by atoms with Crippen LogP contribution in [-0.2, 0) is 4.79 Å². The highest BCUT2D eigenvalue weighted by atomic mass is 35.5. The molecular weight excluding hydrogens is 581 g/mol. The van der Waals surface area contributed by atoms with Crippen molar-refractivity contribution in [3.63, 3.8) is 0 Å². The molecule has 2 unspecified atom stereocenters. The number of phenols is 1. The number of nitrogens with zero attached hydrogens (tertiary/aromatic N) is 5. The minimum Gasteiger partial charge on any atom is -0.508 e. The molecule has 0 radical (unpaired) electrons. The summed E-state index contributed by atoms with van der Waals surface area (Å²) in [7, 11) is 2.08. The standard InChI is InChI=1S/C34H33ClFN5O3/c1-3-28(43)40-13-7-9-21(17-40)41-19-37-32-33(41)26-16-27(35)29(25-15-23(42)14-20-8-4-5-11-24(20)25)30(36)31(26)38-34(32)44-18-22-10-6-12-39(22)2/h3-5,8,11,14-16,19,21-22,42H,1,6-7,9-10,12-13,17-18H2,2H3. The Balaban J connectivity index is 1.44. The molecule has 2 fully saturated rings. The van der Waals surface area contributed by atoms with Crippen molar-refractivity contribution in [3.05, 3.63) is 72.3 Å². The summed E-state index contributed by atoms with van der Waals surface area (Å²) in [6, 6.07) is 12.5. The lowest BCUT2D eigenvalue weighted by Crippen LogP contribution is -2.39. The number of imidazole rings is 1. The van der Waals surface area contributed by atoms with Gasteiger partial charge in [-0.3, -0.25) is 4.79 Å². The predicted octanol–water partition coefficient (Wildman–Crippen LogP) is 6.73. The number of likely N-dealkylation sites (tertiary alicyclic amines) is 2. The van der Waals surface area contributed by atoms with Gasteiger partial charge in [0.1, 0.15) is 17.9 Å². The fourth-order valence-electron chi connectivity index (χ4n) is 6.84. The van der Waals surface area contributed by atoms with E-state index < -0.39 is 5.82 Å². The number of ether oxygens (including phenoxy) is 1. The van der Waals surface area contributed by atoms with Crippen LogP contribution in [0.3, 0.4) is 0 Å². The van der Waals surface area contributed by atoms with Gasteiger partial charge in [-0.15, -0.1) is 0 Å². The first-order chi connectivity index (χ1) is 21.3. The molecule has 44 heavy (non-hydrogen) atoms. The van der Waals surface area contributed by atoms with E-state index in [1.165, 1.54) is 12.1 Å². The van der Waals surface area contributed by atoms with Crippen LogP contribution < -0.4 is 4.74 Å². The number of carbonyl (C=O) groups excluding carboxylic acids is 1. The van der Waals surface area contributed by atoms with Gasteiger partial charge in [0.25, 0.3) is 0 Å². The topological polar surface area (TPSA) is 83.7 Å². The molecule has 7 rings (SSSR count). The number of carbonyl (C=O) groups is 1. The largest absolute Gasteiger partial charge is 0.508 e. The second kappa shape index (κ2) is 11.4. The van der Waals surface area contributed by atoms with Crippen LogP contribution in [0.5, 0.6) is 11.6 Å². The Hall–Kier alpha value is -4.21. The molecule has 8 nitrogen and oxygen atoms in total. The number of aromatic nitrogens is 3. The van der Waals surface area contributed by atoms with E-state index in [2.05, 4.69) is 18.5 Å². The highest BCUT2D eigenvalue weighted by Gasteiger charge is 2.29. The van der Waals surface area contributed by atoms with Crippen LogP contribution in [0.1, 0.15) is 31.7 Å². The minimum absolute atomic E-state index is 0.0105. The van der Waals surface area contributed by atoms with Crippen LogP contribution >= 0.6 is 11.6 Å². The van der Waals surface area contributed by atoms with Crippen molar-refractivity contribution < 1.29 is 19.0 Å². The average Bonchev–Trinajstić information content (AvgIpc) is 3.66. The van der Waals surface area contributed by atoms with Gasteiger partial charge in [-0.1, -0.05) is 42.4 Å². The molecule has 1 amide bonds. The zero-order valence-corrected chi connectivity index (χ0v) is 25.2. The summed E-state index contributed by atoms with van der Waals surface area (Å²) >= 11 is 6.91. The van der Waals surface area contributed by atoms with Gasteiger partial charge in [0.2, 0.25) is 11.8 Å². The highest BCUT2D eigenvalue weighted by Crippen LogP contribution is 2.43. The first-order valence-electron chi connectivity index (χ1n) is 15.0. The van der Waals surface area contributed by atoms with E-state index in [1.54, 1.807) is 23.4 Å². The maximum atomic E-state index is 16.9. The fourth-order valence-corrected chi connectivity index (χ4v) is 7.13. The molecule has 0 spiro atoms. The van der Waals surface area contributed by atoms with E-state index in [1.807, 2.05) is 28.8 Å². The van der Waals surface area contributed by atoms with Crippen molar-refractivity contribution in [2.24, 2.45) is 0 Å². The third kappa shape index (κ3) is 4.84. The normalized spacial score (nSPS) is 19.3. The lowest BCUT2D eigenvalue weighted by molar-refractivity contribution is -0.127. The Kier molecular flexibility index (Phi) is 7.38. The lowest BCUT2D eigenvalue weighted by atomic mass is 9.96. The summed E-state index contributed by atoms with van der Waals surface area (Å²) < 4.78 is 25.2. The maximum Gasteiger partial charge on any atom is 0.246 e. The summed E-state index contributed by atoms with van der Waals surface area (Å²) in [4.78, 5) is 26.0. The molecule has 2 aliphatic heterocycles. The van der Waals surface area contributed by atoms with E-state index in [-0.39, 0.29) is 45.7 Å². The summed E-state index contributed by atoms with van der Waals surface area (Å²) in [6.07, 6.45) is 6.80. The molecule has 2 aliphatic rings. The number of likely N-dealkylation sites (N-methyl/N-ethyl adjacent to an activating group) is 1. The van der Waals surface area contributed by atoms with Crippen molar-refractivity contribution in [2.75, 3.05) is 33.3 Å². The van der Waals surface area contributed by atoms with Gasteiger partial charge in [0.15, 0.2) is 11.3 Å². The van der Waals surface area contributed by atoms with Gasteiger partial charge in [-0.05, 0) is 79.9 Å². The Morgan fingerprint density at radius 2 is 1.98 bits per heavy atom. The molecule has 2 saturated heterocycles. The number of halogens is 2. The van der Waals surface area contributed by atoms with Crippen LogP contribution in [0.4, 0.5) is 4.39 Å². The number of hydrogen-bond donors (Lipinski definition) is 1. The number of hydrogen-bond acceptors (Lipinski definition) is 6. The number of pyridine rings is 1. The summed E-state index contributed by atoms with van der Waals surface area (Å²) in [5.41, 5.74) is 1.93. The Morgan fingerprint density at radius 1 is 1.16 bits per heavy atom. The monoisotopic (exact) mass is 613 g/mol. The molecular formula is C34H33ClFN5O3. The summed E-state index contributed by atoms with van der Waals surface area (Å²) in [5.74, 6) is -0.453. The van der Waals surface area contributed by atoms with Crippen molar-refractivity contribution in [1.82, 2.24) is 24.3 Å². The summed E-state index contributed by atoms with van der Waals surface area (Å²) in [6.45, 7) is 6.19. The third-order valence-electron chi connectivity index (χ3n) is 9.13. The van der Waals surface area contributed by atoms with Crippen LogP contribution in [0.15, 0.2) is 61.4 Å². The first kappa shape index (κ1) is 28.6. The number of benzene rings is 3. The molecule has 0 aliphatic carbocycles. The molecule has 3 aromatic carbocycles. The second-order valence-corrected chi connectivity index (χ2v) is 12.2. The second-order valence-electron chi connectivity index (χ2n) is 11.8. The van der Waals surface area contributed by atoms with E-state index in [0.717, 1.165) is 43.0 Å². The van der Waals surface area contributed by atoms with E-state index in [9.17, 15) is 9.90 Å². The molecule has 1 N–H and O–H groups in total. The molecule has 5 aromatic rings. The fraction of sp³-hybridized carbons (Fsp3) is 0.324. The number of aromatic hydroxyl groups is 1. The smallest absolute Gasteiger partial charge is 0.246 e. The number of rotatable bonds is 6. The van der Waals surface area contributed by atoms with E-state index in [0.29, 0.717) is 41.7 Å². The molecule has 4 heterocycles. The third-order valence-corrected chi connectivity index (χ3v) is 9.43. The maximum absolute atomic E-state index is 16.9. The average molecular weight is 614 g/mol. The minimum atomic E-state index is -0.604. The van der Waals surface area contributed by atoms with Gasteiger partial charge in [0, 0.05) is 30.1 Å². The predicted molar refractivity (Wildman–Crippen MR) is 171 cm³/mol. The number of phenolic OH excluding ortho intramolecular Hbond substituents is 1. The zero-order valence-electron chi connectivity index (χ0n) is 24.5. The molecule has 226 valence electrons. The van der Waals surface area contributed by atoms with Gasteiger partial charge in [-0.25, -0.2) is 14.4 Å². The van der Waals surface area contributed by atoms with E-state index in [4.69, 9.17) is 26.3 Å². The number of piperidine rings is 1. The zero-order chi connectivity index (χ0) is 30.5. The molecule has 10 heteroatoms. The quantitative estimate of drug-likeness (QED) is 0.214. The van der Waals surface area contributed by atoms with Crippen LogP contribution in [0.25, 0.3) is 43.8 Å². The van der Waals surface area contributed by atoms with Gasteiger partial charge >= 0.3 is 0 Å². The van der Waals surface area contributed by atoms with Crippen molar-refractivity contribution in [2.45, 2.75) is 37.8 Å². The van der Waals surface area contributed by atoms with Crippen LogP contribution in [0, 0.1) is 5.82 Å².